The van der Waals surface area contributed by atoms with E-state index in [-0.39, 0.29) is 5.56 Å². The Hall–Kier alpha value is -2.87. The maximum atomic E-state index is 13.5. The van der Waals surface area contributed by atoms with Gasteiger partial charge in [-0.2, -0.15) is 0 Å². The van der Waals surface area contributed by atoms with E-state index < -0.39 is 0 Å². The van der Waals surface area contributed by atoms with Gasteiger partial charge in [0, 0.05) is 43.1 Å². The number of fused-ring (bicyclic) bond motifs is 1. The zero-order chi connectivity index (χ0) is 20.2. The second-order valence-electron chi connectivity index (χ2n) is 7.62. The first-order valence-corrected chi connectivity index (χ1v) is 10.3. The summed E-state index contributed by atoms with van der Waals surface area (Å²) in [7, 11) is 2.15. The van der Waals surface area contributed by atoms with E-state index >= 15 is 0 Å². The van der Waals surface area contributed by atoms with Crippen molar-refractivity contribution < 1.29 is 0 Å². The average Bonchev–Trinajstić information content (AvgIpc) is 2.75. The van der Waals surface area contributed by atoms with Gasteiger partial charge in [-0.3, -0.25) is 14.3 Å². The molecule has 2 heterocycles. The summed E-state index contributed by atoms with van der Waals surface area (Å²) in [4.78, 5) is 18.2. The van der Waals surface area contributed by atoms with Crippen LogP contribution in [0.25, 0.3) is 16.5 Å². The molecule has 1 aliphatic heterocycles. The molecule has 1 aliphatic rings. The van der Waals surface area contributed by atoms with E-state index in [1.165, 1.54) is 0 Å². The highest BCUT2D eigenvalue weighted by molar-refractivity contribution is 5.88. The minimum atomic E-state index is 0.00930. The van der Waals surface area contributed by atoms with Gasteiger partial charge in [-0.1, -0.05) is 49.1 Å². The van der Waals surface area contributed by atoms with E-state index in [1.54, 1.807) is 0 Å². The molecule has 0 bridgehead atoms. The quantitative estimate of drug-likeness (QED) is 0.649. The monoisotopic (exact) mass is 385 g/mol. The van der Waals surface area contributed by atoms with Crippen molar-refractivity contribution in [1.29, 1.82) is 0 Å². The fourth-order valence-electron chi connectivity index (χ4n) is 3.89. The number of hydrogen-bond acceptors (Lipinski definition) is 3. The SMILES string of the molecule is CCc1cc2cccc(C#CCN3CCN(C)CC3)c2c(=O)n1-c1ccccc1. The molecule has 0 aliphatic carbocycles. The normalized spacial score (nSPS) is 15.2. The summed E-state index contributed by atoms with van der Waals surface area (Å²) >= 11 is 0. The summed E-state index contributed by atoms with van der Waals surface area (Å²) < 4.78 is 1.83. The van der Waals surface area contributed by atoms with Gasteiger partial charge in [0.15, 0.2) is 0 Å². The number of hydrogen-bond donors (Lipinski definition) is 0. The standard InChI is InChI=1S/C25H27N3O/c1-3-22-19-21-10-7-9-20(11-8-14-27-17-15-26(2)16-18-27)24(21)25(29)28(22)23-12-5-4-6-13-23/h4-7,9-10,12-13,19H,3,14-18H2,1-2H3. The first-order valence-electron chi connectivity index (χ1n) is 10.3. The molecule has 3 aromatic rings. The molecule has 0 spiro atoms. The Labute approximate surface area is 172 Å². The number of para-hydroxylation sites is 1. The number of aryl methyl sites for hydroxylation is 1. The zero-order valence-corrected chi connectivity index (χ0v) is 17.2. The lowest BCUT2D eigenvalue weighted by Gasteiger charge is -2.30. The van der Waals surface area contributed by atoms with Crippen LogP contribution in [0, 0.1) is 11.8 Å². The lowest BCUT2D eigenvalue weighted by Crippen LogP contribution is -2.44. The fourth-order valence-corrected chi connectivity index (χ4v) is 3.89. The third-order valence-corrected chi connectivity index (χ3v) is 5.62. The molecule has 0 N–H and O–H groups in total. The van der Waals surface area contributed by atoms with Gasteiger partial charge in [-0.15, -0.1) is 0 Å². The number of benzene rings is 2. The van der Waals surface area contributed by atoms with Crippen molar-refractivity contribution in [3.8, 4) is 17.5 Å². The molecule has 29 heavy (non-hydrogen) atoms. The van der Waals surface area contributed by atoms with Crippen molar-refractivity contribution >= 4 is 10.8 Å². The Morgan fingerprint density at radius 2 is 1.72 bits per heavy atom. The van der Waals surface area contributed by atoms with E-state index in [1.807, 2.05) is 53.1 Å². The summed E-state index contributed by atoms with van der Waals surface area (Å²) in [6.07, 6.45) is 0.791. The number of pyridine rings is 1. The average molecular weight is 386 g/mol. The minimum absolute atomic E-state index is 0.00930. The molecule has 1 aromatic heterocycles. The van der Waals surface area contributed by atoms with E-state index in [0.29, 0.717) is 5.39 Å². The number of aromatic nitrogens is 1. The maximum absolute atomic E-state index is 13.5. The smallest absolute Gasteiger partial charge is 0.264 e. The lowest BCUT2D eigenvalue weighted by atomic mass is 10.0. The van der Waals surface area contributed by atoms with E-state index in [9.17, 15) is 4.79 Å². The molecule has 4 heteroatoms. The molecule has 1 saturated heterocycles. The highest BCUT2D eigenvalue weighted by atomic mass is 16.1. The van der Waals surface area contributed by atoms with Crippen LogP contribution in [0.5, 0.6) is 0 Å². The lowest BCUT2D eigenvalue weighted by molar-refractivity contribution is 0.168. The number of nitrogens with zero attached hydrogens (tertiary/aromatic N) is 3. The molecular formula is C25H27N3O. The van der Waals surface area contributed by atoms with Crippen LogP contribution < -0.4 is 5.56 Å². The van der Waals surface area contributed by atoms with E-state index in [2.05, 4.69) is 41.7 Å². The van der Waals surface area contributed by atoms with Crippen molar-refractivity contribution in [1.82, 2.24) is 14.4 Å². The van der Waals surface area contributed by atoms with Gasteiger partial charge in [-0.25, -0.2) is 0 Å². The molecule has 1 fully saturated rings. The van der Waals surface area contributed by atoms with Crippen LogP contribution in [0.4, 0.5) is 0 Å². The molecule has 0 saturated carbocycles. The highest BCUT2D eigenvalue weighted by Gasteiger charge is 2.13. The van der Waals surface area contributed by atoms with Crippen LogP contribution in [0.3, 0.4) is 0 Å². The van der Waals surface area contributed by atoms with Crippen LogP contribution in [0.15, 0.2) is 59.4 Å². The Kier molecular flexibility index (Phi) is 5.80. The highest BCUT2D eigenvalue weighted by Crippen LogP contribution is 2.19. The topological polar surface area (TPSA) is 28.5 Å². The maximum Gasteiger partial charge on any atom is 0.264 e. The van der Waals surface area contributed by atoms with E-state index in [4.69, 9.17) is 0 Å². The largest absolute Gasteiger partial charge is 0.304 e. The van der Waals surface area contributed by atoms with Crippen molar-refractivity contribution in [3.63, 3.8) is 0 Å². The Morgan fingerprint density at radius 3 is 2.45 bits per heavy atom. The third kappa shape index (κ3) is 4.12. The Bertz CT molecular complexity index is 1110. The zero-order valence-electron chi connectivity index (χ0n) is 17.2. The van der Waals surface area contributed by atoms with Crippen molar-refractivity contribution in [2.24, 2.45) is 0 Å². The van der Waals surface area contributed by atoms with Gasteiger partial charge in [0.1, 0.15) is 0 Å². The van der Waals surface area contributed by atoms with Crippen molar-refractivity contribution in [2.45, 2.75) is 13.3 Å². The van der Waals surface area contributed by atoms with Crippen LogP contribution in [0.2, 0.25) is 0 Å². The van der Waals surface area contributed by atoms with E-state index in [0.717, 1.165) is 61.5 Å². The first-order chi connectivity index (χ1) is 14.2. The molecule has 0 radical (unpaired) electrons. The molecule has 0 unspecified atom stereocenters. The van der Waals surface area contributed by atoms with Gasteiger partial charge < -0.3 is 4.90 Å². The molecule has 4 nitrogen and oxygen atoms in total. The van der Waals surface area contributed by atoms with Gasteiger partial charge in [-0.05, 0) is 43.1 Å². The summed E-state index contributed by atoms with van der Waals surface area (Å²) in [5, 5.41) is 1.67. The minimum Gasteiger partial charge on any atom is -0.304 e. The van der Waals surface area contributed by atoms with Gasteiger partial charge >= 0.3 is 0 Å². The Morgan fingerprint density at radius 1 is 0.966 bits per heavy atom. The summed E-state index contributed by atoms with van der Waals surface area (Å²) in [5.41, 5.74) is 2.73. The number of likely N-dealkylation sites (N-methyl/N-ethyl adjacent to an activating group) is 1. The second-order valence-corrected chi connectivity index (χ2v) is 7.62. The first kappa shape index (κ1) is 19.4. The van der Waals surface area contributed by atoms with Crippen LogP contribution in [-0.4, -0.2) is 54.1 Å². The molecule has 0 atom stereocenters. The fraction of sp³-hybridized carbons (Fsp3) is 0.320. The molecule has 2 aromatic carbocycles. The van der Waals surface area contributed by atoms with Crippen molar-refractivity contribution in [3.05, 3.63) is 76.2 Å². The van der Waals surface area contributed by atoms with Crippen LogP contribution in [-0.2, 0) is 6.42 Å². The molecule has 148 valence electrons. The van der Waals surface area contributed by atoms with Gasteiger partial charge in [0.05, 0.1) is 11.9 Å². The molecule has 4 rings (SSSR count). The predicted octanol–water partition coefficient (Wildman–Crippen LogP) is 3.15. The summed E-state index contributed by atoms with van der Waals surface area (Å²) in [5.74, 6) is 6.59. The van der Waals surface area contributed by atoms with Crippen LogP contribution in [0.1, 0.15) is 18.2 Å². The molecular weight excluding hydrogens is 358 g/mol. The number of rotatable bonds is 3. The summed E-state index contributed by atoms with van der Waals surface area (Å²) in [6, 6.07) is 17.9. The third-order valence-electron chi connectivity index (χ3n) is 5.62. The summed E-state index contributed by atoms with van der Waals surface area (Å²) in [6.45, 7) is 7.07. The van der Waals surface area contributed by atoms with Gasteiger partial charge in [0.2, 0.25) is 0 Å². The van der Waals surface area contributed by atoms with Crippen molar-refractivity contribution in [2.75, 3.05) is 39.8 Å². The van der Waals surface area contributed by atoms with Crippen LogP contribution >= 0.6 is 0 Å². The Balaban J connectivity index is 1.75. The predicted molar refractivity (Wildman–Crippen MR) is 120 cm³/mol. The van der Waals surface area contributed by atoms with Gasteiger partial charge in [0.25, 0.3) is 5.56 Å². The molecule has 0 amide bonds. The number of piperazine rings is 1. The second kappa shape index (κ2) is 8.65.